The Kier molecular flexibility index (Phi) is 12.0. The molecule has 0 spiro atoms. The van der Waals surface area contributed by atoms with Crippen LogP contribution in [-0.4, -0.2) is 69.1 Å². The van der Waals surface area contributed by atoms with Gasteiger partial charge in [0.2, 0.25) is 0 Å². The maximum atomic E-state index is 12.4. The lowest BCUT2D eigenvalue weighted by Crippen LogP contribution is -2.38. The molecular formula is C20H35N4O9P. The third-order valence-electron chi connectivity index (χ3n) is 4.67. The Labute approximate surface area is 197 Å². The van der Waals surface area contributed by atoms with Crippen LogP contribution in [0.5, 0.6) is 0 Å². The highest BCUT2D eigenvalue weighted by atomic mass is 31.2. The second kappa shape index (κ2) is 13.7. The Hall–Kier alpha value is -2.15. The van der Waals surface area contributed by atoms with Crippen molar-refractivity contribution in [3.8, 4) is 0 Å². The number of carbonyl (C=O) groups excluding carboxylic acids is 2. The molecule has 0 aliphatic rings. The van der Waals surface area contributed by atoms with Gasteiger partial charge in [0.15, 0.2) is 5.78 Å². The third kappa shape index (κ3) is 10.4. The number of rotatable bonds is 15. The summed E-state index contributed by atoms with van der Waals surface area (Å²) in [6.45, 7) is 5.45. The smallest absolute Gasteiger partial charge is 0.353 e. The minimum absolute atomic E-state index is 0.0226. The molecule has 0 radical (unpaired) electrons. The van der Waals surface area contributed by atoms with Gasteiger partial charge in [-0.3, -0.25) is 18.7 Å². The zero-order valence-corrected chi connectivity index (χ0v) is 20.7. The second-order valence-corrected chi connectivity index (χ2v) is 10.2. The molecule has 1 heterocycles. The minimum atomic E-state index is -4.40. The van der Waals surface area contributed by atoms with E-state index in [0.717, 1.165) is 4.57 Å². The standard InChI is InChI=1S/C20H35N4O9P/c1-12(2)18(22)16(26)7-14(19(27)33-13(3)4)10-32-34(29,30)11-31-15(9-25)8-24-6-5-17(21)23-20(24)28/h5-6,12-15,18,25H,7-11,22H2,1-4H3,(H,29,30)(H2,21,23,28)/t14-,15+,18?/m1/s1. The molecule has 0 bridgehead atoms. The van der Waals surface area contributed by atoms with Crippen molar-refractivity contribution in [2.75, 3.05) is 25.3 Å². The van der Waals surface area contributed by atoms with Crippen LogP contribution < -0.4 is 17.2 Å². The Balaban J connectivity index is 2.77. The van der Waals surface area contributed by atoms with Gasteiger partial charge in [0.05, 0.1) is 43.9 Å². The lowest BCUT2D eigenvalue weighted by Gasteiger charge is -2.22. The fourth-order valence-electron chi connectivity index (χ4n) is 2.70. The summed E-state index contributed by atoms with van der Waals surface area (Å²) < 4.78 is 29.0. The monoisotopic (exact) mass is 506 g/mol. The molecule has 34 heavy (non-hydrogen) atoms. The van der Waals surface area contributed by atoms with Crippen molar-refractivity contribution in [2.45, 2.75) is 58.9 Å². The molecule has 1 rings (SSSR count). The van der Waals surface area contributed by atoms with Crippen LogP contribution in [0.3, 0.4) is 0 Å². The molecule has 0 saturated heterocycles. The van der Waals surface area contributed by atoms with Gasteiger partial charge in [-0.05, 0) is 25.8 Å². The summed E-state index contributed by atoms with van der Waals surface area (Å²) in [6, 6.07) is 0.564. The molecule has 14 heteroatoms. The van der Waals surface area contributed by atoms with E-state index >= 15 is 0 Å². The van der Waals surface area contributed by atoms with E-state index < -0.39 is 68.8 Å². The lowest BCUT2D eigenvalue weighted by molar-refractivity contribution is -0.155. The molecule has 194 valence electrons. The van der Waals surface area contributed by atoms with Crippen LogP contribution in [0.1, 0.15) is 34.1 Å². The van der Waals surface area contributed by atoms with E-state index in [2.05, 4.69) is 4.98 Å². The van der Waals surface area contributed by atoms with Crippen LogP contribution in [0, 0.1) is 11.8 Å². The highest BCUT2D eigenvalue weighted by Gasteiger charge is 2.31. The van der Waals surface area contributed by atoms with E-state index in [1.807, 2.05) is 0 Å². The van der Waals surface area contributed by atoms with Gasteiger partial charge in [-0.15, -0.1) is 0 Å². The number of hydrogen-bond donors (Lipinski definition) is 4. The molecule has 1 aromatic rings. The fourth-order valence-corrected chi connectivity index (χ4v) is 3.58. The molecule has 4 atom stereocenters. The number of anilines is 1. The van der Waals surface area contributed by atoms with E-state index in [9.17, 15) is 28.9 Å². The Morgan fingerprint density at radius 2 is 1.91 bits per heavy atom. The number of aliphatic hydroxyl groups is 1. The van der Waals surface area contributed by atoms with Crippen molar-refractivity contribution in [2.24, 2.45) is 17.6 Å². The SMILES string of the molecule is CC(C)OC(=O)[C@@H](COP(=O)(O)CO[C@H](CO)Cn1ccc(N)nc1=O)CC(=O)C(N)C(C)C. The fraction of sp³-hybridized carbons (Fsp3) is 0.700. The molecule has 0 amide bonds. The van der Waals surface area contributed by atoms with Gasteiger partial charge >= 0.3 is 19.3 Å². The summed E-state index contributed by atoms with van der Waals surface area (Å²) in [5.74, 6) is -2.45. The number of ether oxygens (including phenoxy) is 2. The lowest BCUT2D eigenvalue weighted by atomic mass is 9.93. The number of aliphatic hydroxyl groups excluding tert-OH is 1. The van der Waals surface area contributed by atoms with Crippen molar-refractivity contribution in [3.63, 3.8) is 0 Å². The summed E-state index contributed by atoms with van der Waals surface area (Å²) in [6.07, 6.45) is -1.31. The summed E-state index contributed by atoms with van der Waals surface area (Å²) in [5, 5.41) is 9.49. The molecule has 0 aromatic carbocycles. The number of Topliss-reactive ketones (excluding diaryl/α,β-unsaturated/α-hetero) is 1. The van der Waals surface area contributed by atoms with E-state index in [1.54, 1.807) is 27.7 Å². The number of nitrogens with two attached hydrogens (primary N) is 2. The summed E-state index contributed by atoms with van der Waals surface area (Å²) in [7, 11) is -4.40. The third-order valence-corrected chi connectivity index (χ3v) is 5.70. The van der Waals surface area contributed by atoms with Crippen LogP contribution in [0.2, 0.25) is 0 Å². The predicted molar refractivity (Wildman–Crippen MR) is 123 cm³/mol. The average Bonchev–Trinajstić information content (AvgIpc) is 2.74. The minimum Gasteiger partial charge on any atom is -0.463 e. The zero-order valence-electron chi connectivity index (χ0n) is 19.8. The number of nitrogens with zero attached hydrogens (tertiary/aromatic N) is 2. The number of ketones is 1. The second-order valence-electron chi connectivity index (χ2n) is 8.44. The van der Waals surface area contributed by atoms with Gasteiger partial charge < -0.3 is 35.5 Å². The quantitative estimate of drug-likeness (QED) is 0.181. The summed E-state index contributed by atoms with van der Waals surface area (Å²) in [4.78, 5) is 50.2. The largest absolute Gasteiger partial charge is 0.463 e. The molecule has 0 aliphatic carbocycles. The van der Waals surface area contributed by atoms with Gasteiger partial charge in [0, 0.05) is 12.6 Å². The van der Waals surface area contributed by atoms with Crippen LogP contribution in [0.15, 0.2) is 17.1 Å². The Bertz CT molecular complexity index is 922. The van der Waals surface area contributed by atoms with Crippen LogP contribution in [0.4, 0.5) is 5.82 Å². The predicted octanol–water partition coefficient (Wildman–Crippen LogP) is -0.127. The number of aromatic nitrogens is 2. The van der Waals surface area contributed by atoms with Crippen molar-refractivity contribution >= 4 is 25.2 Å². The first kappa shape index (κ1) is 29.9. The maximum absolute atomic E-state index is 12.4. The topological polar surface area (TPSA) is 206 Å². The highest BCUT2D eigenvalue weighted by Crippen LogP contribution is 2.42. The number of carbonyl (C=O) groups is 2. The number of nitrogen functional groups attached to an aromatic ring is 1. The van der Waals surface area contributed by atoms with Crippen molar-refractivity contribution < 1.29 is 38.2 Å². The molecule has 0 saturated carbocycles. The molecular weight excluding hydrogens is 471 g/mol. The van der Waals surface area contributed by atoms with Gasteiger partial charge in [0.25, 0.3) is 0 Å². The highest BCUT2D eigenvalue weighted by molar-refractivity contribution is 7.52. The Morgan fingerprint density at radius 3 is 2.44 bits per heavy atom. The van der Waals surface area contributed by atoms with Gasteiger partial charge in [0.1, 0.15) is 12.2 Å². The van der Waals surface area contributed by atoms with E-state index in [1.165, 1.54) is 12.3 Å². The van der Waals surface area contributed by atoms with E-state index in [-0.39, 0.29) is 24.7 Å². The van der Waals surface area contributed by atoms with E-state index in [4.69, 9.17) is 25.5 Å². The van der Waals surface area contributed by atoms with Crippen LogP contribution in [0.25, 0.3) is 0 Å². The summed E-state index contributed by atoms with van der Waals surface area (Å²) >= 11 is 0. The van der Waals surface area contributed by atoms with Crippen molar-refractivity contribution in [3.05, 3.63) is 22.7 Å². The molecule has 0 fully saturated rings. The van der Waals surface area contributed by atoms with Gasteiger partial charge in [-0.1, -0.05) is 13.8 Å². The maximum Gasteiger partial charge on any atom is 0.353 e. The first-order valence-corrected chi connectivity index (χ1v) is 12.5. The zero-order chi connectivity index (χ0) is 26.1. The van der Waals surface area contributed by atoms with Gasteiger partial charge in [-0.25, -0.2) is 4.79 Å². The molecule has 6 N–H and O–H groups in total. The van der Waals surface area contributed by atoms with Crippen molar-refractivity contribution in [1.82, 2.24) is 9.55 Å². The van der Waals surface area contributed by atoms with E-state index in [0.29, 0.717) is 0 Å². The average molecular weight is 506 g/mol. The normalized spacial score (nSPS) is 16.1. The number of hydrogen-bond acceptors (Lipinski definition) is 11. The molecule has 13 nitrogen and oxygen atoms in total. The first-order valence-electron chi connectivity index (χ1n) is 10.8. The number of esters is 1. The summed E-state index contributed by atoms with van der Waals surface area (Å²) in [5.41, 5.74) is 10.6. The molecule has 2 unspecified atom stereocenters. The van der Waals surface area contributed by atoms with Gasteiger partial charge in [-0.2, -0.15) is 4.98 Å². The molecule has 0 aliphatic heterocycles. The Morgan fingerprint density at radius 1 is 1.26 bits per heavy atom. The van der Waals surface area contributed by atoms with Crippen LogP contribution >= 0.6 is 7.60 Å². The van der Waals surface area contributed by atoms with Crippen LogP contribution in [-0.2, 0) is 34.7 Å². The molecule has 1 aromatic heterocycles. The van der Waals surface area contributed by atoms with Crippen molar-refractivity contribution in [1.29, 1.82) is 0 Å². The first-order chi connectivity index (χ1) is 15.8.